The van der Waals surface area contributed by atoms with E-state index in [1.54, 1.807) is 17.7 Å². The van der Waals surface area contributed by atoms with Gasteiger partial charge in [-0.25, -0.2) is 0 Å². The van der Waals surface area contributed by atoms with Crippen molar-refractivity contribution in [1.82, 2.24) is 9.88 Å². The Morgan fingerprint density at radius 3 is 2.69 bits per heavy atom. The third-order valence-electron chi connectivity index (χ3n) is 2.06. The first-order valence-electron chi connectivity index (χ1n) is 4.28. The van der Waals surface area contributed by atoms with Crippen molar-refractivity contribution in [2.75, 3.05) is 13.6 Å². The third-order valence-corrected chi connectivity index (χ3v) is 2.06. The zero-order chi connectivity index (χ0) is 9.84. The number of nitrogens with zero attached hydrogens (tertiary/aromatic N) is 1. The molecule has 0 bridgehead atoms. The lowest BCUT2D eigenvalue weighted by molar-refractivity contribution is 0.0161. The molecule has 0 spiro atoms. The van der Waals surface area contributed by atoms with Crippen LogP contribution in [0, 0.1) is 0 Å². The molecule has 1 aromatic rings. The van der Waals surface area contributed by atoms with Gasteiger partial charge in [0, 0.05) is 25.5 Å². The number of aliphatic hydroxyl groups is 2. The van der Waals surface area contributed by atoms with Crippen LogP contribution in [0.2, 0.25) is 0 Å². The lowest BCUT2D eigenvalue weighted by atomic mass is 10.1. The van der Waals surface area contributed by atoms with Gasteiger partial charge in [-0.15, -0.1) is 0 Å². The quantitative estimate of drug-likeness (QED) is 0.599. The molecule has 0 aromatic carbocycles. The van der Waals surface area contributed by atoms with Crippen molar-refractivity contribution in [2.24, 2.45) is 7.05 Å². The maximum atomic E-state index is 9.68. The highest BCUT2D eigenvalue weighted by Crippen LogP contribution is 2.15. The standard InChI is InChI=1S/C9H16N2O2/c1-10-6-8(12)9(13)7-4-3-5-11(7)2/h3-5,8-10,12-13H,6H2,1-2H3. The first kappa shape index (κ1) is 10.2. The summed E-state index contributed by atoms with van der Waals surface area (Å²) in [5.74, 6) is 0. The monoisotopic (exact) mass is 184 g/mol. The Hall–Kier alpha value is -0.840. The van der Waals surface area contributed by atoms with Crippen molar-refractivity contribution >= 4 is 0 Å². The van der Waals surface area contributed by atoms with Gasteiger partial charge in [-0.3, -0.25) is 0 Å². The van der Waals surface area contributed by atoms with Crippen molar-refractivity contribution < 1.29 is 10.2 Å². The molecule has 0 saturated heterocycles. The van der Waals surface area contributed by atoms with Crippen LogP contribution in [0.5, 0.6) is 0 Å². The second-order valence-electron chi connectivity index (χ2n) is 3.11. The fourth-order valence-electron chi connectivity index (χ4n) is 1.30. The largest absolute Gasteiger partial charge is 0.389 e. The van der Waals surface area contributed by atoms with E-state index >= 15 is 0 Å². The molecule has 13 heavy (non-hydrogen) atoms. The topological polar surface area (TPSA) is 57.4 Å². The summed E-state index contributed by atoms with van der Waals surface area (Å²) in [7, 11) is 3.57. The summed E-state index contributed by atoms with van der Waals surface area (Å²) in [5.41, 5.74) is 0.725. The van der Waals surface area contributed by atoms with Gasteiger partial charge in [0.2, 0.25) is 0 Å². The summed E-state index contributed by atoms with van der Waals surface area (Å²) in [6.45, 7) is 0.381. The summed E-state index contributed by atoms with van der Waals surface area (Å²) in [6.07, 6.45) is 0.246. The number of aryl methyl sites for hydroxylation is 1. The van der Waals surface area contributed by atoms with Gasteiger partial charge < -0.3 is 20.1 Å². The van der Waals surface area contributed by atoms with Crippen molar-refractivity contribution in [2.45, 2.75) is 12.2 Å². The van der Waals surface area contributed by atoms with Crippen molar-refractivity contribution in [3.63, 3.8) is 0 Å². The van der Waals surface area contributed by atoms with Crippen LogP contribution < -0.4 is 5.32 Å². The van der Waals surface area contributed by atoms with Crippen LogP contribution in [0.4, 0.5) is 0 Å². The van der Waals surface area contributed by atoms with Crippen LogP contribution in [0.3, 0.4) is 0 Å². The van der Waals surface area contributed by atoms with Crippen LogP contribution in [-0.2, 0) is 7.05 Å². The predicted octanol–water partition coefficient (Wildman–Crippen LogP) is -0.361. The van der Waals surface area contributed by atoms with Crippen LogP contribution in [0.1, 0.15) is 11.8 Å². The normalized spacial score (nSPS) is 15.7. The number of aromatic nitrogens is 1. The van der Waals surface area contributed by atoms with E-state index in [1.165, 1.54) is 0 Å². The molecule has 74 valence electrons. The van der Waals surface area contributed by atoms with Crippen molar-refractivity contribution in [1.29, 1.82) is 0 Å². The average Bonchev–Trinajstić information content (AvgIpc) is 2.50. The van der Waals surface area contributed by atoms with E-state index in [1.807, 2.05) is 19.3 Å². The molecule has 0 saturated carbocycles. The summed E-state index contributed by atoms with van der Waals surface area (Å²) in [5, 5.41) is 22.0. The molecule has 2 unspecified atom stereocenters. The van der Waals surface area contributed by atoms with Gasteiger partial charge in [0.25, 0.3) is 0 Å². The maximum absolute atomic E-state index is 9.68. The highest BCUT2D eigenvalue weighted by molar-refractivity contribution is 5.11. The first-order valence-corrected chi connectivity index (χ1v) is 4.28. The Kier molecular flexibility index (Phi) is 3.48. The minimum atomic E-state index is -0.826. The Bertz CT molecular complexity index is 260. The lowest BCUT2D eigenvalue weighted by Crippen LogP contribution is -2.30. The molecule has 1 rings (SSSR count). The van der Waals surface area contributed by atoms with E-state index in [0.717, 1.165) is 5.69 Å². The fourth-order valence-corrected chi connectivity index (χ4v) is 1.30. The Balaban J connectivity index is 2.67. The minimum Gasteiger partial charge on any atom is -0.389 e. The van der Waals surface area contributed by atoms with Gasteiger partial charge in [0.05, 0.1) is 6.10 Å². The zero-order valence-corrected chi connectivity index (χ0v) is 7.94. The first-order chi connectivity index (χ1) is 6.16. The van der Waals surface area contributed by atoms with Crippen molar-refractivity contribution in [3.05, 3.63) is 24.0 Å². The van der Waals surface area contributed by atoms with Gasteiger partial charge in [-0.2, -0.15) is 0 Å². The van der Waals surface area contributed by atoms with Gasteiger partial charge in [-0.1, -0.05) is 0 Å². The van der Waals surface area contributed by atoms with Crippen molar-refractivity contribution in [3.8, 4) is 0 Å². The zero-order valence-electron chi connectivity index (χ0n) is 7.94. The summed E-state index contributed by atoms with van der Waals surface area (Å²) in [6, 6.07) is 3.63. The van der Waals surface area contributed by atoms with Crippen LogP contribution in [0.15, 0.2) is 18.3 Å². The van der Waals surface area contributed by atoms with Gasteiger partial charge in [-0.05, 0) is 19.2 Å². The second-order valence-corrected chi connectivity index (χ2v) is 3.11. The lowest BCUT2D eigenvalue weighted by Gasteiger charge is -2.18. The van der Waals surface area contributed by atoms with Gasteiger partial charge in [0.15, 0.2) is 0 Å². The average molecular weight is 184 g/mol. The molecule has 0 aliphatic carbocycles. The number of rotatable bonds is 4. The maximum Gasteiger partial charge on any atom is 0.121 e. The molecule has 1 heterocycles. The van der Waals surface area contributed by atoms with E-state index in [4.69, 9.17) is 0 Å². The van der Waals surface area contributed by atoms with Gasteiger partial charge >= 0.3 is 0 Å². The molecule has 3 N–H and O–H groups in total. The highest BCUT2D eigenvalue weighted by atomic mass is 16.3. The van der Waals surface area contributed by atoms with E-state index in [9.17, 15) is 10.2 Å². The smallest absolute Gasteiger partial charge is 0.121 e. The minimum absolute atomic E-state index is 0.381. The number of hydrogen-bond acceptors (Lipinski definition) is 3. The summed E-state index contributed by atoms with van der Waals surface area (Å²) < 4.78 is 1.80. The molecule has 0 fully saturated rings. The number of nitrogens with one attached hydrogen (secondary N) is 1. The molecule has 0 aliphatic heterocycles. The molecule has 0 aliphatic rings. The van der Waals surface area contributed by atoms with E-state index in [0.29, 0.717) is 6.54 Å². The predicted molar refractivity (Wildman–Crippen MR) is 50.3 cm³/mol. The number of hydrogen-bond donors (Lipinski definition) is 3. The summed E-state index contributed by atoms with van der Waals surface area (Å²) in [4.78, 5) is 0. The Labute approximate surface area is 77.8 Å². The molecular formula is C9H16N2O2. The third kappa shape index (κ3) is 2.30. The van der Waals surface area contributed by atoms with Crippen LogP contribution in [-0.4, -0.2) is 34.5 Å². The Morgan fingerprint density at radius 2 is 2.23 bits per heavy atom. The van der Waals surface area contributed by atoms with E-state index in [2.05, 4.69) is 5.32 Å². The highest BCUT2D eigenvalue weighted by Gasteiger charge is 2.19. The molecule has 4 nitrogen and oxygen atoms in total. The molecular weight excluding hydrogens is 168 g/mol. The van der Waals surface area contributed by atoms with E-state index < -0.39 is 12.2 Å². The molecule has 0 amide bonds. The molecule has 4 heteroatoms. The molecule has 2 atom stereocenters. The number of aliphatic hydroxyl groups excluding tert-OH is 2. The SMILES string of the molecule is CNCC(O)C(O)c1cccn1C. The summed E-state index contributed by atoms with van der Waals surface area (Å²) >= 11 is 0. The second kappa shape index (κ2) is 4.41. The number of likely N-dealkylation sites (N-methyl/N-ethyl adjacent to an activating group) is 1. The Morgan fingerprint density at radius 1 is 1.54 bits per heavy atom. The van der Waals surface area contributed by atoms with E-state index in [-0.39, 0.29) is 0 Å². The molecule has 1 aromatic heterocycles. The van der Waals surface area contributed by atoms with Gasteiger partial charge in [0.1, 0.15) is 6.10 Å². The fraction of sp³-hybridized carbons (Fsp3) is 0.556. The molecule has 0 radical (unpaired) electrons. The van der Waals surface area contributed by atoms with Crippen LogP contribution >= 0.6 is 0 Å². The van der Waals surface area contributed by atoms with Crippen LogP contribution in [0.25, 0.3) is 0 Å².